The van der Waals surface area contributed by atoms with Gasteiger partial charge in [-0.1, -0.05) is 48.8 Å². The highest BCUT2D eigenvalue weighted by Crippen LogP contribution is 2.25. The quantitative estimate of drug-likeness (QED) is 0.425. The lowest BCUT2D eigenvalue weighted by atomic mass is 9.84. The van der Waals surface area contributed by atoms with Gasteiger partial charge in [0.05, 0.1) is 5.56 Å². The maximum atomic E-state index is 12.4. The van der Waals surface area contributed by atoms with Gasteiger partial charge in [0, 0.05) is 15.6 Å². The molecule has 0 saturated heterocycles. The fourth-order valence-electron chi connectivity index (χ4n) is 2.30. The molecule has 0 bridgehead atoms. The highest BCUT2D eigenvalue weighted by molar-refractivity contribution is 9.10. The van der Waals surface area contributed by atoms with E-state index in [1.165, 1.54) is 0 Å². The van der Waals surface area contributed by atoms with E-state index >= 15 is 0 Å². The number of carbonyl (C=O) groups is 2. The first-order valence-electron chi connectivity index (χ1n) is 7.82. The van der Waals surface area contributed by atoms with E-state index in [0.717, 1.165) is 4.47 Å². The van der Waals surface area contributed by atoms with Gasteiger partial charge in [-0.15, -0.1) is 0 Å². The first-order chi connectivity index (χ1) is 11.3. The van der Waals surface area contributed by atoms with Crippen LogP contribution in [0.4, 0.5) is 0 Å². The van der Waals surface area contributed by atoms with Crippen LogP contribution in [-0.4, -0.2) is 17.5 Å². The van der Waals surface area contributed by atoms with Gasteiger partial charge in [-0.25, -0.2) is 4.79 Å². The van der Waals surface area contributed by atoms with Crippen molar-refractivity contribution >= 4 is 33.4 Å². The Morgan fingerprint density at radius 2 is 1.50 bits per heavy atom. The predicted octanol–water partition coefficient (Wildman–Crippen LogP) is 4.71. The number of halogens is 1. The van der Waals surface area contributed by atoms with Gasteiger partial charge < -0.3 is 4.84 Å². The van der Waals surface area contributed by atoms with E-state index in [1.54, 1.807) is 36.4 Å². The number of rotatable bonds is 4. The van der Waals surface area contributed by atoms with Crippen molar-refractivity contribution in [2.75, 3.05) is 0 Å². The topological polar surface area (TPSA) is 55.7 Å². The molecule has 0 saturated carbocycles. The summed E-state index contributed by atoms with van der Waals surface area (Å²) >= 11 is 3.31. The molecule has 0 spiro atoms. The van der Waals surface area contributed by atoms with Crippen LogP contribution in [0.5, 0.6) is 0 Å². The lowest BCUT2D eigenvalue weighted by Crippen LogP contribution is -2.21. The Morgan fingerprint density at radius 1 is 1.00 bits per heavy atom. The zero-order valence-electron chi connectivity index (χ0n) is 14.2. The average molecular weight is 390 g/mol. The number of hydrogen-bond acceptors (Lipinski definition) is 4. The van der Waals surface area contributed by atoms with Gasteiger partial charge >= 0.3 is 5.97 Å². The van der Waals surface area contributed by atoms with E-state index in [0.29, 0.717) is 22.4 Å². The Labute approximate surface area is 150 Å². The van der Waals surface area contributed by atoms with Gasteiger partial charge in [0.1, 0.15) is 5.71 Å². The number of allylic oxidation sites excluding steroid dienone is 4. The zero-order valence-corrected chi connectivity index (χ0v) is 15.8. The summed E-state index contributed by atoms with van der Waals surface area (Å²) in [7, 11) is 0. The minimum absolute atomic E-state index is 0.0400. The van der Waals surface area contributed by atoms with Crippen molar-refractivity contribution in [3.63, 3.8) is 0 Å². The molecule has 24 heavy (non-hydrogen) atoms. The van der Waals surface area contributed by atoms with Crippen molar-refractivity contribution in [3.8, 4) is 0 Å². The highest BCUT2D eigenvalue weighted by Gasteiger charge is 2.25. The Balaban J connectivity index is 2.25. The van der Waals surface area contributed by atoms with E-state index in [2.05, 4.69) is 21.1 Å². The molecule has 1 aliphatic carbocycles. The zero-order chi connectivity index (χ0) is 17.9. The number of ketones is 1. The van der Waals surface area contributed by atoms with Gasteiger partial charge in [-0.2, -0.15) is 0 Å². The summed E-state index contributed by atoms with van der Waals surface area (Å²) < 4.78 is 0.880. The van der Waals surface area contributed by atoms with Crippen LogP contribution in [0.25, 0.3) is 0 Å². The fraction of sp³-hybridized carbons (Fsp3) is 0.316. The van der Waals surface area contributed by atoms with Gasteiger partial charge in [0.25, 0.3) is 0 Å². The largest absolute Gasteiger partial charge is 0.365 e. The van der Waals surface area contributed by atoms with Crippen LogP contribution in [-0.2, 0) is 9.63 Å². The maximum Gasteiger partial charge on any atom is 0.365 e. The van der Waals surface area contributed by atoms with Crippen LogP contribution >= 0.6 is 15.9 Å². The molecule has 0 heterocycles. The third kappa shape index (κ3) is 4.29. The smallest absolute Gasteiger partial charge is 0.312 e. The minimum atomic E-state index is -0.536. The van der Waals surface area contributed by atoms with Gasteiger partial charge in [0.2, 0.25) is 0 Å². The van der Waals surface area contributed by atoms with E-state index < -0.39 is 5.97 Å². The van der Waals surface area contributed by atoms with E-state index in [4.69, 9.17) is 4.84 Å². The monoisotopic (exact) mass is 389 g/mol. The first-order valence-corrected chi connectivity index (χ1v) is 8.61. The van der Waals surface area contributed by atoms with E-state index in [1.807, 2.05) is 27.7 Å². The number of benzene rings is 1. The molecule has 0 aromatic heterocycles. The summed E-state index contributed by atoms with van der Waals surface area (Å²) in [5, 5.41) is 3.93. The molecule has 0 unspecified atom stereocenters. The Hall–Kier alpha value is -2.01. The second kappa shape index (κ2) is 7.71. The third-order valence-corrected chi connectivity index (χ3v) is 4.22. The van der Waals surface area contributed by atoms with Crippen LogP contribution in [0.2, 0.25) is 0 Å². The molecule has 2 rings (SSSR count). The molecule has 4 nitrogen and oxygen atoms in total. The first kappa shape index (κ1) is 18.3. The second-order valence-electron chi connectivity index (χ2n) is 6.24. The highest BCUT2D eigenvalue weighted by atomic mass is 79.9. The predicted molar refractivity (Wildman–Crippen MR) is 97.8 cm³/mol. The lowest BCUT2D eigenvalue weighted by Gasteiger charge is -2.19. The number of Topliss-reactive ketones (excluding diaryl/α,β-unsaturated/α-hetero) is 1. The van der Waals surface area contributed by atoms with Crippen molar-refractivity contribution in [2.24, 2.45) is 17.0 Å². The molecule has 0 radical (unpaired) electrons. The van der Waals surface area contributed by atoms with Gasteiger partial charge in [-0.3, -0.25) is 4.79 Å². The summed E-state index contributed by atoms with van der Waals surface area (Å²) in [4.78, 5) is 29.5. The molecule has 5 heteroatoms. The number of hydrogen-bond donors (Lipinski definition) is 0. The summed E-state index contributed by atoms with van der Waals surface area (Å²) in [5.41, 5.74) is 2.25. The molecule has 0 atom stereocenters. The molecule has 0 amide bonds. The van der Waals surface area contributed by atoms with Crippen molar-refractivity contribution in [3.05, 3.63) is 57.6 Å². The van der Waals surface area contributed by atoms with Crippen LogP contribution in [0, 0.1) is 11.8 Å². The fourth-order valence-corrected chi connectivity index (χ4v) is 2.57. The molecule has 0 fully saturated rings. The number of nitrogens with zero attached hydrogens (tertiary/aromatic N) is 1. The number of oxime groups is 1. The molecule has 1 aliphatic rings. The van der Waals surface area contributed by atoms with Crippen molar-refractivity contribution in [1.82, 2.24) is 0 Å². The van der Waals surface area contributed by atoms with Crippen LogP contribution < -0.4 is 0 Å². The van der Waals surface area contributed by atoms with Crippen molar-refractivity contribution in [1.29, 1.82) is 0 Å². The minimum Gasteiger partial charge on any atom is -0.312 e. The maximum absolute atomic E-state index is 12.4. The molecular formula is C19H20BrNO3. The van der Waals surface area contributed by atoms with Gasteiger partial charge in [-0.05, 0) is 48.3 Å². The molecule has 126 valence electrons. The summed E-state index contributed by atoms with van der Waals surface area (Å²) in [6.45, 7) is 7.83. The second-order valence-corrected chi connectivity index (χ2v) is 7.16. The SMILES string of the molecule is CC(C)C1=CC(=NOC(=O)c2ccc(Br)cc2)C=C(C(C)C)C1=O. The summed E-state index contributed by atoms with van der Waals surface area (Å²) in [5.74, 6) is -0.344. The molecule has 0 N–H and O–H groups in total. The Kier molecular flexibility index (Phi) is 5.89. The molecule has 1 aromatic rings. The van der Waals surface area contributed by atoms with Crippen LogP contribution in [0.15, 0.2) is 57.2 Å². The molecule has 0 aliphatic heterocycles. The number of carbonyl (C=O) groups excluding carboxylic acids is 2. The van der Waals surface area contributed by atoms with E-state index in [9.17, 15) is 9.59 Å². The standard InChI is InChI=1S/C19H20BrNO3/c1-11(2)16-9-15(10-17(12(3)4)18(16)22)21-24-19(23)13-5-7-14(20)8-6-13/h5-12H,1-4H3. The summed E-state index contributed by atoms with van der Waals surface area (Å²) in [6.07, 6.45) is 3.38. The summed E-state index contributed by atoms with van der Waals surface area (Å²) in [6, 6.07) is 6.83. The molecular weight excluding hydrogens is 370 g/mol. The Morgan fingerprint density at radius 3 is 1.96 bits per heavy atom. The van der Waals surface area contributed by atoms with Gasteiger partial charge in [0.15, 0.2) is 5.78 Å². The van der Waals surface area contributed by atoms with Crippen molar-refractivity contribution < 1.29 is 14.4 Å². The normalized spacial score (nSPS) is 14.6. The van der Waals surface area contributed by atoms with Crippen molar-refractivity contribution in [2.45, 2.75) is 27.7 Å². The third-order valence-electron chi connectivity index (χ3n) is 3.69. The van der Waals surface area contributed by atoms with Crippen LogP contribution in [0.1, 0.15) is 38.1 Å². The van der Waals surface area contributed by atoms with E-state index in [-0.39, 0.29) is 17.6 Å². The lowest BCUT2D eigenvalue weighted by molar-refractivity contribution is -0.113. The average Bonchev–Trinajstić information content (AvgIpc) is 2.53. The molecule has 1 aromatic carbocycles. The Bertz CT molecular complexity index is 710. The van der Waals surface area contributed by atoms with Crippen LogP contribution in [0.3, 0.4) is 0 Å².